The summed E-state index contributed by atoms with van der Waals surface area (Å²) in [5.41, 5.74) is 1.19. The van der Waals surface area contributed by atoms with Crippen molar-refractivity contribution >= 4 is 16.5 Å². The summed E-state index contributed by atoms with van der Waals surface area (Å²) in [6.45, 7) is 13.2. The quantitative estimate of drug-likeness (QED) is 0.905. The van der Waals surface area contributed by atoms with E-state index in [-0.39, 0.29) is 0 Å². The fourth-order valence-corrected chi connectivity index (χ4v) is 3.73. The highest BCUT2D eigenvalue weighted by molar-refractivity contribution is 7.15. The number of hydrogen-bond acceptors (Lipinski definition) is 5. The van der Waals surface area contributed by atoms with E-state index in [0.717, 1.165) is 26.2 Å². The molecule has 0 amide bonds. The number of aryl methyl sites for hydroxylation is 1. The molecule has 1 N–H and O–H groups in total. The summed E-state index contributed by atoms with van der Waals surface area (Å²) in [6, 6.07) is 1.01. The molecular formula is C15H28N4S. The first-order valence-electron chi connectivity index (χ1n) is 7.68. The van der Waals surface area contributed by atoms with Gasteiger partial charge in [0.2, 0.25) is 0 Å². The molecule has 2 heterocycles. The lowest BCUT2D eigenvalue weighted by Gasteiger charge is -2.37. The Balaban J connectivity index is 2.07. The number of anilines is 1. The second-order valence-electron chi connectivity index (χ2n) is 5.90. The highest BCUT2D eigenvalue weighted by Crippen LogP contribution is 2.31. The summed E-state index contributed by atoms with van der Waals surface area (Å²) >= 11 is 1.86. The highest BCUT2D eigenvalue weighted by atomic mass is 32.1. The van der Waals surface area contributed by atoms with Crippen molar-refractivity contribution in [2.75, 3.05) is 38.1 Å². The van der Waals surface area contributed by atoms with E-state index in [4.69, 9.17) is 4.98 Å². The van der Waals surface area contributed by atoms with Crippen LogP contribution in [0.15, 0.2) is 0 Å². The number of piperazine rings is 1. The Morgan fingerprint density at radius 2 is 2.20 bits per heavy atom. The minimum Gasteiger partial charge on any atom is -0.345 e. The van der Waals surface area contributed by atoms with Gasteiger partial charge in [-0.05, 0) is 40.8 Å². The van der Waals surface area contributed by atoms with Crippen LogP contribution in [-0.4, -0.2) is 49.2 Å². The Bertz CT molecular complexity index is 432. The van der Waals surface area contributed by atoms with E-state index in [1.807, 2.05) is 11.3 Å². The van der Waals surface area contributed by atoms with Crippen LogP contribution in [0, 0.1) is 6.92 Å². The zero-order valence-corrected chi connectivity index (χ0v) is 14.3. The minimum absolute atomic E-state index is 0.408. The number of aromatic nitrogens is 1. The molecule has 0 aromatic carbocycles. The molecule has 1 aromatic heterocycles. The molecule has 1 aliphatic rings. The van der Waals surface area contributed by atoms with E-state index in [2.05, 4.69) is 49.9 Å². The van der Waals surface area contributed by atoms with E-state index in [0.29, 0.717) is 12.1 Å². The van der Waals surface area contributed by atoms with Gasteiger partial charge in [-0.15, -0.1) is 11.3 Å². The molecule has 0 aliphatic carbocycles. The molecule has 0 spiro atoms. The maximum Gasteiger partial charge on any atom is 0.185 e. The van der Waals surface area contributed by atoms with Gasteiger partial charge in [-0.2, -0.15) is 0 Å². The van der Waals surface area contributed by atoms with Gasteiger partial charge >= 0.3 is 0 Å². The third kappa shape index (κ3) is 3.51. The van der Waals surface area contributed by atoms with Crippen molar-refractivity contribution in [1.29, 1.82) is 0 Å². The monoisotopic (exact) mass is 296 g/mol. The average Bonchev–Trinajstić information content (AvgIpc) is 2.81. The van der Waals surface area contributed by atoms with Gasteiger partial charge in [-0.1, -0.05) is 6.92 Å². The first kappa shape index (κ1) is 15.7. The molecule has 5 heteroatoms. The zero-order chi connectivity index (χ0) is 14.7. The average molecular weight is 296 g/mol. The molecule has 1 aliphatic heterocycles. The molecule has 0 saturated carbocycles. The number of thiazole rings is 1. The van der Waals surface area contributed by atoms with Crippen LogP contribution in [0.25, 0.3) is 0 Å². The number of likely N-dealkylation sites (N-methyl/N-ethyl adjacent to an activating group) is 1. The van der Waals surface area contributed by atoms with E-state index in [9.17, 15) is 0 Å². The Labute approximate surface area is 127 Å². The van der Waals surface area contributed by atoms with E-state index < -0.39 is 0 Å². The van der Waals surface area contributed by atoms with Crippen molar-refractivity contribution in [1.82, 2.24) is 15.2 Å². The minimum atomic E-state index is 0.408. The first-order chi connectivity index (χ1) is 9.52. The van der Waals surface area contributed by atoms with E-state index in [1.165, 1.54) is 22.1 Å². The molecule has 2 atom stereocenters. The van der Waals surface area contributed by atoms with Gasteiger partial charge in [0, 0.05) is 36.6 Å². The zero-order valence-electron chi connectivity index (χ0n) is 13.4. The van der Waals surface area contributed by atoms with Crippen molar-refractivity contribution in [3.05, 3.63) is 10.6 Å². The molecule has 0 radical (unpaired) electrons. The molecule has 1 aromatic rings. The molecule has 2 rings (SSSR count). The molecule has 2 unspecified atom stereocenters. The van der Waals surface area contributed by atoms with Gasteiger partial charge < -0.3 is 15.1 Å². The molecule has 1 fully saturated rings. The summed E-state index contributed by atoms with van der Waals surface area (Å²) in [7, 11) is 2.21. The second kappa shape index (κ2) is 6.87. The molecular weight excluding hydrogens is 268 g/mol. The number of rotatable bonds is 5. The first-order valence-corrected chi connectivity index (χ1v) is 8.50. The standard InChI is InChI=1S/C15H28N4S/c1-6-7-16-12(3)14-13(4)17-15(20-14)19-9-8-18(5)11(2)10-19/h11-12,16H,6-10H2,1-5H3. The van der Waals surface area contributed by atoms with E-state index in [1.54, 1.807) is 0 Å². The second-order valence-corrected chi connectivity index (χ2v) is 6.91. The third-order valence-electron chi connectivity index (χ3n) is 4.15. The lowest BCUT2D eigenvalue weighted by molar-refractivity contribution is 0.234. The topological polar surface area (TPSA) is 31.4 Å². The van der Waals surface area contributed by atoms with Crippen molar-refractivity contribution in [2.24, 2.45) is 0 Å². The lowest BCUT2D eigenvalue weighted by Crippen LogP contribution is -2.50. The van der Waals surface area contributed by atoms with Gasteiger partial charge in [-0.25, -0.2) is 4.98 Å². The summed E-state index contributed by atoms with van der Waals surface area (Å²) in [5, 5.41) is 4.76. The van der Waals surface area contributed by atoms with Crippen LogP contribution in [0.3, 0.4) is 0 Å². The van der Waals surface area contributed by atoms with Crippen LogP contribution >= 0.6 is 11.3 Å². The summed E-state index contributed by atoms with van der Waals surface area (Å²) in [5.74, 6) is 0. The van der Waals surface area contributed by atoms with Gasteiger partial charge in [0.15, 0.2) is 5.13 Å². The molecule has 0 bridgehead atoms. The molecule has 20 heavy (non-hydrogen) atoms. The molecule has 114 valence electrons. The van der Waals surface area contributed by atoms with Crippen LogP contribution in [-0.2, 0) is 0 Å². The van der Waals surface area contributed by atoms with Gasteiger partial charge in [-0.3, -0.25) is 0 Å². The maximum absolute atomic E-state index is 4.81. The fourth-order valence-electron chi connectivity index (χ4n) is 2.61. The maximum atomic E-state index is 4.81. The molecule has 4 nitrogen and oxygen atoms in total. The van der Waals surface area contributed by atoms with Crippen molar-refractivity contribution in [2.45, 2.75) is 46.2 Å². The van der Waals surface area contributed by atoms with Gasteiger partial charge in [0.1, 0.15) is 0 Å². The smallest absolute Gasteiger partial charge is 0.185 e. The van der Waals surface area contributed by atoms with Crippen molar-refractivity contribution in [3.8, 4) is 0 Å². The SMILES string of the molecule is CCCNC(C)c1sc(N2CCN(C)C(C)C2)nc1C. The lowest BCUT2D eigenvalue weighted by atomic mass is 10.2. The molecule has 1 saturated heterocycles. The largest absolute Gasteiger partial charge is 0.345 e. The van der Waals surface area contributed by atoms with Crippen LogP contribution in [0.4, 0.5) is 5.13 Å². The normalized spacial score (nSPS) is 22.2. The Hall–Kier alpha value is -0.650. The van der Waals surface area contributed by atoms with Gasteiger partial charge in [0.25, 0.3) is 0 Å². The van der Waals surface area contributed by atoms with Crippen LogP contribution < -0.4 is 10.2 Å². The van der Waals surface area contributed by atoms with Crippen molar-refractivity contribution < 1.29 is 0 Å². The van der Waals surface area contributed by atoms with Crippen LogP contribution in [0.5, 0.6) is 0 Å². The van der Waals surface area contributed by atoms with Gasteiger partial charge in [0.05, 0.1) is 5.69 Å². The Morgan fingerprint density at radius 1 is 1.45 bits per heavy atom. The fraction of sp³-hybridized carbons (Fsp3) is 0.800. The number of hydrogen-bond donors (Lipinski definition) is 1. The van der Waals surface area contributed by atoms with Crippen LogP contribution in [0.2, 0.25) is 0 Å². The van der Waals surface area contributed by atoms with Crippen molar-refractivity contribution in [3.63, 3.8) is 0 Å². The predicted octanol–water partition coefficient (Wildman–Crippen LogP) is 2.65. The summed E-state index contributed by atoms with van der Waals surface area (Å²) in [6.07, 6.45) is 1.17. The summed E-state index contributed by atoms with van der Waals surface area (Å²) < 4.78 is 0. The number of nitrogens with zero attached hydrogens (tertiary/aromatic N) is 3. The summed E-state index contributed by atoms with van der Waals surface area (Å²) in [4.78, 5) is 11.1. The Kier molecular flexibility index (Phi) is 5.41. The van der Waals surface area contributed by atoms with E-state index >= 15 is 0 Å². The highest BCUT2D eigenvalue weighted by Gasteiger charge is 2.24. The Morgan fingerprint density at radius 3 is 2.85 bits per heavy atom. The van der Waals surface area contributed by atoms with Crippen LogP contribution in [0.1, 0.15) is 43.8 Å². The number of nitrogens with one attached hydrogen (secondary N) is 1. The third-order valence-corrected chi connectivity index (χ3v) is 5.55. The predicted molar refractivity (Wildman–Crippen MR) is 87.9 cm³/mol.